The minimum Gasteiger partial charge on any atom is -0.481 e. The lowest BCUT2D eigenvalue weighted by Gasteiger charge is -2.40. The van der Waals surface area contributed by atoms with E-state index in [1.54, 1.807) is 13.0 Å². The van der Waals surface area contributed by atoms with E-state index in [-0.39, 0.29) is 46.7 Å². The van der Waals surface area contributed by atoms with Crippen molar-refractivity contribution in [2.75, 3.05) is 6.54 Å². The van der Waals surface area contributed by atoms with Crippen molar-refractivity contribution in [3.8, 4) is 0 Å². The fourth-order valence-corrected chi connectivity index (χ4v) is 6.60. The lowest BCUT2D eigenvalue weighted by molar-refractivity contribution is -0.152. The Labute approximate surface area is 247 Å². The number of benzene rings is 1. The number of alkyl halides is 3. The molecule has 7 nitrogen and oxygen atoms in total. The molecular formula is C29H34Cl2F3N3O4. The van der Waals surface area contributed by atoms with Gasteiger partial charge in [0.05, 0.1) is 45.4 Å². The van der Waals surface area contributed by atoms with Gasteiger partial charge in [-0.15, -0.1) is 0 Å². The van der Waals surface area contributed by atoms with Crippen LogP contribution < -0.4 is 0 Å². The number of hydrogen-bond acceptors (Lipinski definition) is 4. The van der Waals surface area contributed by atoms with Crippen molar-refractivity contribution >= 4 is 40.9 Å². The summed E-state index contributed by atoms with van der Waals surface area (Å²) in [5.41, 5.74) is -2.82. The molecule has 1 aromatic heterocycles. The maximum absolute atomic E-state index is 14.6. The molecule has 4 rings (SSSR count). The second kappa shape index (κ2) is 11.6. The minimum absolute atomic E-state index is 0.00865. The SMILES string of the molecule is CC1(C)CCC(N(CC(=O)c2c(Cl)cccc2Cl)C(=O)c2cnn(C3CCC(C)(C(=O)O)CC3)c2C(F)(F)F)CC1. The number of rotatable bonds is 7. The van der Waals surface area contributed by atoms with E-state index in [0.717, 1.165) is 23.7 Å². The summed E-state index contributed by atoms with van der Waals surface area (Å²) in [5.74, 6) is -2.49. The van der Waals surface area contributed by atoms with Gasteiger partial charge in [0.25, 0.3) is 5.91 Å². The van der Waals surface area contributed by atoms with E-state index < -0.39 is 59.1 Å². The van der Waals surface area contributed by atoms with Gasteiger partial charge < -0.3 is 10.0 Å². The normalized spacial score (nSPS) is 23.3. The molecule has 1 amide bonds. The number of amides is 1. The van der Waals surface area contributed by atoms with Crippen molar-refractivity contribution in [2.45, 2.75) is 90.4 Å². The standard InChI is InChI=1S/C29H34Cl2F3N3O4/c1-27(2)11-7-17(8-12-27)36(16-22(38)23-20(30)5-4-6-21(23)31)25(39)19-15-35-37(24(19)29(32,33)34)18-9-13-28(3,14-10-18)26(40)41/h4-6,15,17-18H,7-14,16H2,1-3H3,(H,40,41). The molecule has 0 atom stereocenters. The highest BCUT2D eigenvalue weighted by atomic mass is 35.5. The lowest BCUT2D eigenvalue weighted by atomic mass is 9.74. The van der Waals surface area contributed by atoms with Gasteiger partial charge in [0.1, 0.15) is 0 Å². The summed E-state index contributed by atoms with van der Waals surface area (Å²) >= 11 is 12.5. The summed E-state index contributed by atoms with van der Waals surface area (Å²) in [4.78, 5) is 40.2. The molecule has 1 N–H and O–H groups in total. The monoisotopic (exact) mass is 615 g/mol. The summed E-state index contributed by atoms with van der Waals surface area (Å²) in [5, 5.41) is 13.7. The molecule has 41 heavy (non-hydrogen) atoms. The second-order valence-electron chi connectivity index (χ2n) is 12.3. The van der Waals surface area contributed by atoms with Gasteiger partial charge in [-0.2, -0.15) is 18.3 Å². The number of carboxylic acids is 1. The van der Waals surface area contributed by atoms with Gasteiger partial charge in [-0.1, -0.05) is 43.1 Å². The molecule has 1 aromatic carbocycles. The molecule has 2 fully saturated rings. The fraction of sp³-hybridized carbons (Fsp3) is 0.586. The number of carbonyl (C=O) groups is 3. The third kappa shape index (κ3) is 6.58. The third-order valence-electron chi connectivity index (χ3n) is 8.78. The van der Waals surface area contributed by atoms with E-state index in [4.69, 9.17) is 23.2 Å². The topological polar surface area (TPSA) is 92.5 Å². The molecule has 0 bridgehead atoms. The van der Waals surface area contributed by atoms with Gasteiger partial charge >= 0.3 is 12.1 Å². The molecule has 2 aliphatic rings. The average Bonchev–Trinajstić information content (AvgIpc) is 3.33. The first-order valence-electron chi connectivity index (χ1n) is 13.7. The maximum Gasteiger partial charge on any atom is 0.433 e. The van der Waals surface area contributed by atoms with E-state index in [1.807, 2.05) is 0 Å². The zero-order valence-corrected chi connectivity index (χ0v) is 24.7. The van der Waals surface area contributed by atoms with Crippen molar-refractivity contribution < 1.29 is 32.7 Å². The largest absolute Gasteiger partial charge is 0.481 e. The number of nitrogens with zero attached hydrogens (tertiary/aromatic N) is 3. The lowest BCUT2D eigenvalue weighted by Crippen LogP contribution is -2.46. The Balaban J connectivity index is 1.70. The predicted octanol–water partition coefficient (Wildman–Crippen LogP) is 7.71. The Hall–Kier alpha value is -2.59. The summed E-state index contributed by atoms with van der Waals surface area (Å²) in [6, 6.07) is 3.37. The van der Waals surface area contributed by atoms with Crippen LogP contribution >= 0.6 is 23.2 Å². The summed E-state index contributed by atoms with van der Waals surface area (Å²) in [6.07, 6.45) is -0.764. The molecule has 2 saturated carbocycles. The van der Waals surface area contributed by atoms with Crippen LogP contribution in [0.15, 0.2) is 24.4 Å². The van der Waals surface area contributed by atoms with Crippen LogP contribution in [0.5, 0.6) is 0 Å². The van der Waals surface area contributed by atoms with Crippen LogP contribution in [0, 0.1) is 10.8 Å². The van der Waals surface area contributed by atoms with Crippen molar-refractivity contribution in [3.63, 3.8) is 0 Å². The Morgan fingerprint density at radius 2 is 1.59 bits per heavy atom. The van der Waals surface area contributed by atoms with Crippen LogP contribution in [0.3, 0.4) is 0 Å². The van der Waals surface area contributed by atoms with Crippen LogP contribution in [-0.2, 0) is 11.0 Å². The number of hydrogen-bond donors (Lipinski definition) is 1. The van der Waals surface area contributed by atoms with Crippen molar-refractivity contribution in [1.82, 2.24) is 14.7 Å². The molecule has 0 unspecified atom stereocenters. The first-order valence-corrected chi connectivity index (χ1v) is 14.5. The van der Waals surface area contributed by atoms with E-state index in [0.29, 0.717) is 12.8 Å². The highest BCUT2D eigenvalue weighted by molar-refractivity contribution is 6.40. The first kappa shape index (κ1) is 31.3. The molecule has 2 aromatic rings. The van der Waals surface area contributed by atoms with Gasteiger partial charge in [-0.25, -0.2) is 0 Å². The number of carboxylic acid groups (broad SMARTS) is 1. The van der Waals surface area contributed by atoms with Crippen molar-refractivity contribution in [1.29, 1.82) is 0 Å². The Bertz CT molecular complexity index is 1300. The van der Waals surface area contributed by atoms with Crippen molar-refractivity contribution in [3.05, 3.63) is 51.3 Å². The Morgan fingerprint density at radius 3 is 2.10 bits per heavy atom. The zero-order valence-electron chi connectivity index (χ0n) is 23.2. The van der Waals surface area contributed by atoms with E-state index in [2.05, 4.69) is 18.9 Å². The number of aromatic nitrogens is 2. The van der Waals surface area contributed by atoms with Gasteiger partial charge in [-0.3, -0.25) is 19.1 Å². The van der Waals surface area contributed by atoms with Crippen LogP contribution in [0.25, 0.3) is 0 Å². The van der Waals surface area contributed by atoms with Gasteiger partial charge in [0.2, 0.25) is 0 Å². The first-order chi connectivity index (χ1) is 19.0. The summed E-state index contributed by atoms with van der Waals surface area (Å²) < 4.78 is 44.5. The van der Waals surface area contributed by atoms with E-state index in [9.17, 15) is 32.7 Å². The second-order valence-corrected chi connectivity index (χ2v) is 13.1. The van der Waals surface area contributed by atoms with Gasteiger partial charge in [0, 0.05) is 6.04 Å². The molecule has 0 radical (unpaired) electrons. The van der Waals surface area contributed by atoms with Crippen molar-refractivity contribution in [2.24, 2.45) is 10.8 Å². The Kier molecular flexibility index (Phi) is 8.86. The molecular weight excluding hydrogens is 582 g/mol. The minimum atomic E-state index is -4.91. The van der Waals surface area contributed by atoms with E-state index in [1.165, 1.54) is 17.0 Å². The maximum atomic E-state index is 14.6. The molecule has 0 saturated heterocycles. The van der Waals surface area contributed by atoms with Crippen LogP contribution in [0.2, 0.25) is 10.0 Å². The molecule has 224 valence electrons. The molecule has 2 aliphatic carbocycles. The number of aliphatic carboxylic acids is 1. The smallest absolute Gasteiger partial charge is 0.433 e. The fourth-order valence-electron chi connectivity index (χ4n) is 5.99. The molecule has 12 heteroatoms. The molecule has 0 aliphatic heterocycles. The number of halogens is 5. The summed E-state index contributed by atoms with van der Waals surface area (Å²) in [7, 11) is 0. The average molecular weight is 617 g/mol. The third-order valence-corrected chi connectivity index (χ3v) is 9.41. The Morgan fingerprint density at radius 1 is 1.02 bits per heavy atom. The highest BCUT2D eigenvalue weighted by Gasteiger charge is 2.46. The van der Waals surface area contributed by atoms with Crippen LogP contribution in [-0.4, -0.2) is 50.0 Å². The highest BCUT2D eigenvalue weighted by Crippen LogP contribution is 2.44. The summed E-state index contributed by atoms with van der Waals surface area (Å²) in [6.45, 7) is 5.28. The molecule has 1 heterocycles. The predicted molar refractivity (Wildman–Crippen MR) is 148 cm³/mol. The zero-order chi connectivity index (χ0) is 30.3. The quantitative estimate of drug-likeness (QED) is 0.322. The molecule has 0 spiro atoms. The number of Topliss-reactive ketones (excluding diaryl/α,β-unsaturated/α-hetero) is 1. The van der Waals surface area contributed by atoms with Gasteiger partial charge in [0.15, 0.2) is 11.5 Å². The van der Waals surface area contributed by atoms with E-state index >= 15 is 0 Å². The van der Waals surface area contributed by atoms with Gasteiger partial charge in [-0.05, 0) is 75.8 Å². The number of carbonyl (C=O) groups excluding carboxylic acids is 2. The number of ketones is 1. The van der Waals surface area contributed by atoms with Crippen LogP contribution in [0.1, 0.15) is 105 Å². The van der Waals surface area contributed by atoms with Crippen LogP contribution in [0.4, 0.5) is 13.2 Å².